The molecule has 0 fully saturated rings. The predicted molar refractivity (Wildman–Crippen MR) is 94.4 cm³/mol. The van der Waals surface area contributed by atoms with E-state index in [-0.39, 0.29) is 27.7 Å². The molecule has 0 amide bonds. The molecule has 1 N–H and O–H groups in total. The second-order valence-corrected chi connectivity index (χ2v) is 6.29. The first-order valence-electron chi connectivity index (χ1n) is 7.06. The maximum Gasteiger partial charge on any atom is 0.339 e. The first-order chi connectivity index (χ1) is 11.3. The second kappa shape index (κ2) is 5.96. The van der Waals surface area contributed by atoms with Crippen molar-refractivity contribution in [3.05, 3.63) is 67.3 Å². The van der Waals surface area contributed by atoms with E-state index >= 15 is 0 Å². The van der Waals surface area contributed by atoms with Gasteiger partial charge in [-0.15, -0.1) is 0 Å². The lowest BCUT2D eigenvalue weighted by atomic mass is 9.99. The van der Waals surface area contributed by atoms with Crippen LogP contribution < -0.4 is 5.43 Å². The third-order valence-electron chi connectivity index (χ3n) is 3.96. The largest absolute Gasteiger partial charge is 0.478 e. The molecule has 4 nitrogen and oxygen atoms in total. The lowest BCUT2D eigenvalue weighted by Crippen LogP contribution is -2.08. The molecule has 0 radical (unpaired) electrons. The van der Waals surface area contributed by atoms with Crippen molar-refractivity contribution in [3.8, 4) is 11.3 Å². The molecule has 0 aliphatic heterocycles. The zero-order valence-electron chi connectivity index (χ0n) is 12.8. The summed E-state index contributed by atoms with van der Waals surface area (Å²) in [6.45, 7) is 3.44. The molecular weight excluding hydrogens is 351 g/mol. The van der Waals surface area contributed by atoms with E-state index in [1.807, 2.05) is 0 Å². The van der Waals surface area contributed by atoms with Gasteiger partial charge in [-0.05, 0) is 49.2 Å². The number of carboxylic acids is 1. The molecule has 3 aromatic rings. The minimum absolute atomic E-state index is 0.0102. The summed E-state index contributed by atoms with van der Waals surface area (Å²) in [7, 11) is 0. The Balaban J connectivity index is 2.39. The Kier molecular flexibility index (Phi) is 4.11. The van der Waals surface area contributed by atoms with Gasteiger partial charge in [0.15, 0.2) is 11.0 Å². The predicted octanol–water partition coefficient (Wildman–Crippen LogP) is 5.08. The number of benzene rings is 2. The molecule has 1 aromatic heterocycles. The van der Waals surface area contributed by atoms with Crippen LogP contribution in [0.3, 0.4) is 0 Å². The fourth-order valence-corrected chi connectivity index (χ4v) is 2.86. The van der Waals surface area contributed by atoms with Crippen molar-refractivity contribution in [2.24, 2.45) is 0 Å². The maximum atomic E-state index is 12.5. The lowest BCUT2D eigenvalue weighted by molar-refractivity contribution is 0.0697. The Labute approximate surface area is 147 Å². The Bertz CT molecular complexity index is 1050. The number of rotatable bonds is 2. The lowest BCUT2D eigenvalue weighted by Gasteiger charge is -2.10. The normalized spacial score (nSPS) is 11.0. The molecule has 3 rings (SSSR count). The molecule has 24 heavy (non-hydrogen) atoms. The Hall–Kier alpha value is -2.30. The minimum Gasteiger partial charge on any atom is -0.478 e. The van der Waals surface area contributed by atoms with E-state index < -0.39 is 5.97 Å². The van der Waals surface area contributed by atoms with Gasteiger partial charge in [-0.25, -0.2) is 4.79 Å². The van der Waals surface area contributed by atoms with Crippen molar-refractivity contribution < 1.29 is 14.3 Å². The third-order valence-corrected chi connectivity index (χ3v) is 4.70. The van der Waals surface area contributed by atoms with Crippen LogP contribution >= 0.6 is 23.2 Å². The minimum atomic E-state index is -1.14. The molecule has 0 atom stereocenters. The maximum absolute atomic E-state index is 12.5. The van der Waals surface area contributed by atoms with Gasteiger partial charge in [0.1, 0.15) is 11.3 Å². The summed E-state index contributed by atoms with van der Waals surface area (Å²) in [6, 6.07) is 7.76. The molecule has 0 bridgehead atoms. The zero-order valence-corrected chi connectivity index (χ0v) is 14.3. The Morgan fingerprint density at radius 2 is 1.79 bits per heavy atom. The third kappa shape index (κ3) is 2.68. The number of fused-ring (bicyclic) bond motifs is 1. The number of hydrogen-bond donors (Lipinski definition) is 1. The number of halogens is 2. The topological polar surface area (TPSA) is 67.5 Å². The van der Waals surface area contributed by atoms with Crippen molar-refractivity contribution in [1.82, 2.24) is 0 Å². The molecule has 0 unspecified atom stereocenters. The highest BCUT2D eigenvalue weighted by atomic mass is 35.5. The quantitative estimate of drug-likeness (QED) is 0.689. The summed E-state index contributed by atoms with van der Waals surface area (Å²) in [6.07, 6.45) is 0. The highest BCUT2D eigenvalue weighted by Gasteiger charge is 2.19. The van der Waals surface area contributed by atoms with Crippen LogP contribution in [0.25, 0.3) is 22.3 Å². The van der Waals surface area contributed by atoms with Crippen molar-refractivity contribution >= 4 is 40.1 Å². The van der Waals surface area contributed by atoms with Gasteiger partial charge in [0.2, 0.25) is 0 Å². The van der Waals surface area contributed by atoms with Crippen LogP contribution in [0.5, 0.6) is 0 Å². The summed E-state index contributed by atoms with van der Waals surface area (Å²) in [5.74, 6) is -0.910. The van der Waals surface area contributed by atoms with Gasteiger partial charge >= 0.3 is 5.97 Å². The van der Waals surface area contributed by atoms with Crippen molar-refractivity contribution in [1.29, 1.82) is 0 Å². The number of hydrogen-bond acceptors (Lipinski definition) is 3. The molecule has 0 saturated heterocycles. The van der Waals surface area contributed by atoms with Gasteiger partial charge in [0.05, 0.1) is 15.4 Å². The molecule has 1 heterocycles. The zero-order chi connectivity index (χ0) is 17.6. The second-order valence-electron chi connectivity index (χ2n) is 5.48. The van der Waals surface area contributed by atoms with E-state index in [4.69, 9.17) is 27.6 Å². The number of aryl methyl sites for hydroxylation is 1. The molecule has 122 valence electrons. The average Bonchev–Trinajstić information content (AvgIpc) is 2.51. The fourth-order valence-electron chi connectivity index (χ4n) is 2.57. The van der Waals surface area contributed by atoms with Gasteiger partial charge < -0.3 is 9.52 Å². The monoisotopic (exact) mass is 362 g/mol. The van der Waals surface area contributed by atoms with Crippen LogP contribution in [0.4, 0.5) is 0 Å². The molecule has 0 saturated carbocycles. The van der Waals surface area contributed by atoms with E-state index in [1.165, 1.54) is 6.07 Å². The van der Waals surface area contributed by atoms with Gasteiger partial charge in [0.25, 0.3) is 0 Å². The van der Waals surface area contributed by atoms with E-state index in [2.05, 4.69) is 0 Å². The summed E-state index contributed by atoms with van der Waals surface area (Å²) < 4.78 is 5.77. The van der Waals surface area contributed by atoms with E-state index in [0.29, 0.717) is 21.2 Å². The van der Waals surface area contributed by atoms with Crippen LogP contribution in [-0.4, -0.2) is 11.1 Å². The summed E-state index contributed by atoms with van der Waals surface area (Å²) in [5, 5.41) is 10.4. The smallest absolute Gasteiger partial charge is 0.339 e. The summed E-state index contributed by atoms with van der Waals surface area (Å²) in [4.78, 5) is 24.1. The van der Waals surface area contributed by atoms with Crippen LogP contribution in [0.2, 0.25) is 10.0 Å². The summed E-state index contributed by atoms with van der Waals surface area (Å²) >= 11 is 11.9. The Morgan fingerprint density at radius 1 is 1.08 bits per heavy atom. The number of aromatic carboxylic acids is 1. The van der Waals surface area contributed by atoms with Crippen molar-refractivity contribution in [2.45, 2.75) is 13.8 Å². The number of carbonyl (C=O) groups is 1. The highest BCUT2D eigenvalue weighted by Crippen LogP contribution is 2.31. The Morgan fingerprint density at radius 3 is 2.42 bits per heavy atom. The SMILES string of the molecule is Cc1cc2c(=O)cc(-c3ccc(Cl)c(Cl)c3)oc2c(C(=O)O)c1C. The van der Waals surface area contributed by atoms with Gasteiger partial charge in [-0.3, -0.25) is 4.79 Å². The van der Waals surface area contributed by atoms with Gasteiger partial charge in [-0.1, -0.05) is 23.2 Å². The summed E-state index contributed by atoms with van der Waals surface area (Å²) in [5.41, 5.74) is 1.54. The molecule has 0 aliphatic carbocycles. The molecule has 2 aromatic carbocycles. The molecular formula is C18H12Cl2O4. The molecule has 0 aliphatic rings. The van der Waals surface area contributed by atoms with Crippen LogP contribution in [0.15, 0.2) is 39.5 Å². The van der Waals surface area contributed by atoms with Gasteiger partial charge in [0, 0.05) is 11.6 Å². The fraction of sp³-hybridized carbons (Fsp3) is 0.111. The highest BCUT2D eigenvalue weighted by molar-refractivity contribution is 6.42. The molecule has 6 heteroatoms. The van der Waals surface area contributed by atoms with Crippen LogP contribution in [0, 0.1) is 13.8 Å². The first kappa shape index (κ1) is 16.6. The van der Waals surface area contributed by atoms with Gasteiger partial charge in [-0.2, -0.15) is 0 Å². The van der Waals surface area contributed by atoms with Crippen LogP contribution in [-0.2, 0) is 0 Å². The molecule has 0 spiro atoms. The van der Waals surface area contributed by atoms with Crippen molar-refractivity contribution in [3.63, 3.8) is 0 Å². The van der Waals surface area contributed by atoms with Crippen LogP contribution in [0.1, 0.15) is 21.5 Å². The average molecular weight is 363 g/mol. The van der Waals surface area contributed by atoms with E-state index in [9.17, 15) is 14.7 Å². The standard InChI is InChI=1S/C18H12Cl2O4/c1-8-5-11-14(21)7-15(10-3-4-12(19)13(20)6-10)24-17(11)16(9(8)2)18(22)23/h3-7H,1-2H3,(H,22,23). The first-order valence-corrected chi connectivity index (χ1v) is 7.82. The number of carboxylic acid groups (broad SMARTS) is 1. The van der Waals surface area contributed by atoms with Crippen molar-refractivity contribution in [2.75, 3.05) is 0 Å². The van der Waals surface area contributed by atoms with E-state index in [1.54, 1.807) is 38.1 Å². The van der Waals surface area contributed by atoms with E-state index in [0.717, 1.165) is 5.56 Å².